The van der Waals surface area contributed by atoms with Crippen molar-refractivity contribution in [3.05, 3.63) is 251 Å². The summed E-state index contributed by atoms with van der Waals surface area (Å²) in [6.45, 7) is 59.1. The fourth-order valence-corrected chi connectivity index (χ4v) is 7.69. The Morgan fingerprint density at radius 2 is 0.787 bits per heavy atom. The fraction of sp³-hybridized carbons (Fsp3) is 0.389. The van der Waals surface area contributed by atoms with Crippen molar-refractivity contribution < 1.29 is 4.39 Å². The molecule has 0 heterocycles. The van der Waals surface area contributed by atoms with Gasteiger partial charge in [-0.15, -0.1) is 0 Å². The Morgan fingerprint density at radius 1 is 0.373 bits per heavy atom. The summed E-state index contributed by atoms with van der Waals surface area (Å²) in [6.07, 6.45) is 0. The van der Waals surface area contributed by atoms with Gasteiger partial charge in [0.1, 0.15) is 5.82 Å². The second kappa shape index (κ2) is 30.1. The number of hydrogen-bond donors (Lipinski definition) is 0. The third kappa shape index (κ3) is 26.0. The summed E-state index contributed by atoms with van der Waals surface area (Å²) in [5.74, 6) is -0.171. The molecule has 0 radical (unpaired) electrons. The van der Waals surface area contributed by atoms with Gasteiger partial charge in [0.15, 0.2) is 5.69 Å². The molecular weight excluding hydrogens is 912 g/mol. The van der Waals surface area contributed by atoms with E-state index in [0.717, 1.165) is 11.1 Å². The average Bonchev–Trinajstić information content (AvgIpc) is 3.30. The molecule has 0 atom stereocenters. The zero-order valence-corrected chi connectivity index (χ0v) is 51.1. The lowest BCUT2D eigenvalue weighted by Crippen LogP contribution is -2.16. The number of hydrogen-bond acceptors (Lipinski definition) is 1. The van der Waals surface area contributed by atoms with Gasteiger partial charge in [-0.3, -0.25) is 0 Å². The van der Waals surface area contributed by atoms with Crippen LogP contribution in [0.25, 0.3) is 4.85 Å². The van der Waals surface area contributed by atoms with Crippen molar-refractivity contribution in [3.8, 4) is 6.07 Å². The van der Waals surface area contributed by atoms with Crippen LogP contribution in [0.1, 0.15) is 178 Å². The molecule has 0 saturated heterocycles. The molecule has 0 spiro atoms. The zero-order valence-electron chi connectivity index (χ0n) is 51.1. The monoisotopic (exact) mass is 1010 g/mol. The van der Waals surface area contributed by atoms with Crippen LogP contribution in [0.15, 0.2) is 140 Å². The van der Waals surface area contributed by atoms with Crippen LogP contribution in [0.4, 0.5) is 10.1 Å². The summed E-state index contributed by atoms with van der Waals surface area (Å²) in [7, 11) is 0. The van der Waals surface area contributed by atoms with E-state index in [1.165, 1.54) is 90.0 Å². The maximum atomic E-state index is 12.1. The van der Waals surface area contributed by atoms with Crippen molar-refractivity contribution in [1.82, 2.24) is 0 Å². The van der Waals surface area contributed by atoms with Gasteiger partial charge in [0, 0.05) is 5.56 Å². The molecule has 3 heteroatoms. The Hall–Kier alpha value is -6.55. The van der Waals surface area contributed by atoms with E-state index in [9.17, 15) is 4.39 Å². The number of benzene rings is 7. The van der Waals surface area contributed by atoms with Crippen molar-refractivity contribution >= 4 is 5.69 Å². The topological polar surface area (TPSA) is 28.1 Å². The quantitative estimate of drug-likeness (QED) is 0.139. The Kier molecular flexibility index (Phi) is 26.7. The van der Waals surface area contributed by atoms with Crippen LogP contribution in [-0.2, 0) is 21.7 Å². The van der Waals surface area contributed by atoms with Gasteiger partial charge in [-0.25, -0.2) is 9.24 Å². The number of nitrogens with zero attached hydrogens (tertiary/aromatic N) is 2. The van der Waals surface area contributed by atoms with Crippen LogP contribution in [0, 0.1) is 107 Å². The van der Waals surface area contributed by atoms with Crippen molar-refractivity contribution in [1.29, 1.82) is 5.26 Å². The van der Waals surface area contributed by atoms with E-state index < -0.39 is 0 Å². The summed E-state index contributed by atoms with van der Waals surface area (Å²) in [5.41, 5.74) is 23.7. The zero-order chi connectivity index (χ0) is 57.6. The summed E-state index contributed by atoms with van der Waals surface area (Å²) in [6, 6.07) is 48.7. The molecule has 7 aromatic rings. The van der Waals surface area contributed by atoms with E-state index in [1.807, 2.05) is 19.9 Å². The highest BCUT2D eigenvalue weighted by molar-refractivity contribution is 5.52. The highest BCUT2D eigenvalue weighted by atomic mass is 19.1. The number of nitriles is 1. The second-order valence-electron chi connectivity index (χ2n) is 24.5. The van der Waals surface area contributed by atoms with E-state index in [1.54, 1.807) is 30.3 Å². The predicted octanol–water partition coefficient (Wildman–Crippen LogP) is 21.3. The van der Waals surface area contributed by atoms with Crippen molar-refractivity contribution in [2.45, 2.75) is 188 Å². The van der Waals surface area contributed by atoms with E-state index in [2.05, 4.69) is 254 Å². The Bertz CT molecular complexity index is 2820. The highest BCUT2D eigenvalue weighted by Crippen LogP contribution is 2.30. The number of rotatable bonds is 0. The molecule has 0 N–H and O–H groups in total. The van der Waals surface area contributed by atoms with E-state index >= 15 is 0 Å². The first-order valence-corrected chi connectivity index (χ1v) is 26.4. The van der Waals surface area contributed by atoms with Gasteiger partial charge in [-0.2, -0.15) is 5.26 Å². The molecule has 75 heavy (non-hydrogen) atoms. The molecule has 0 amide bonds. The lowest BCUT2D eigenvalue weighted by atomic mass is 9.80. The van der Waals surface area contributed by atoms with Gasteiger partial charge >= 0.3 is 0 Å². The average molecular weight is 1010 g/mol. The maximum Gasteiger partial charge on any atom is 0.188 e. The van der Waals surface area contributed by atoms with E-state index in [4.69, 9.17) is 11.8 Å². The van der Waals surface area contributed by atoms with Crippen LogP contribution in [-0.4, -0.2) is 0 Å². The van der Waals surface area contributed by atoms with Crippen LogP contribution < -0.4 is 0 Å². The molecule has 0 aliphatic rings. The van der Waals surface area contributed by atoms with Crippen LogP contribution >= 0.6 is 0 Å². The normalized spacial score (nSPS) is 10.7. The molecule has 0 saturated carbocycles. The van der Waals surface area contributed by atoms with Crippen LogP contribution in [0.3, 0.4) is 0 Å². The minimum atomic E-state index is -0.171. The molecule has 0 aliphatic carbocycles. The summed E-state index contributed by atoms with van der Waals surface area (Å²) < 4.78 is 12.1. The molecule has 2 nitrogen and oxygen atoms in total. The maximum absolute atomic E-state index is 12.1. The molecule has 7 aromatic carbocycles. The van der Waals surface area contributed by atoms with Gasteiger partial charge < -0.3 is 0 Å². The molecule has 400 valence electrons. The first kappa shape index (κ1) is 66.5. The molecule has 0 aromatic heterocycles. The molecule has 0 unspecified atom stereocenters. The second-order valence-corrected chi connectivity index (χ2v) is 24.5. The van der Waals surface area contributed by atoms with Gasteiger partial charge in [0.2, 0.25) is 0 Å². The Morgan fingerprint density at radius 3 is 1.16 bits per heavy atom. The number of halogens is 1. The van der Waals surface area contributed by atoms with Gasteiger partial charge in [0.05, 0.1) is 12.6 Å². The lowest BCUT2D eigenvalue weighted by Gasteiger charge is -2.25. The van der Waals surface area contributed by atoms with Crippen molar-refractivity contribution in [3.63, 3.8) is 0 Å². The van der Waals surface area contributed by atoms with Gasteiger partial charge in [-0.1, -0.05) is 232 Å². The molecule has 0 bridgehead atoms. The molecule has 0 fully saturated rings. The Labute approximate surface area is 458 Å². The first-order chi connectivity index (χ1) is 34.5. The van der Waals surface area contributed by atoms with Crippen LogP contribution in [0.5, 0.6) is 0 Å². The summed E-state index contributed by atoms with van der Waals surface area (Å²) >= 11 is 0. The van der Waals surface area contributed by atoms with Gasteiger partial charge in [-0.05, 0) is 185 Å². The SMILES string of the molecule is Cc1cc(C(C)(C)C)cc(C(C)(C)C)c1.Cc1cc(C)c(C)c(C)c1.Cc1ccc(C(C)(C)C)cc1.Cc1ccc(C)c(C)c1.Cc1ccc(F)cc1.Cc1ccccc1C(C)(C)C.[C-]#[N+]c1cc(C)cc(C#N)c1. The molecule has 7 rings (SSSR count). The van der Waals surface area contributed by atoms with Crippen LogP contribution in [0.2, 0.25) is 0 Å². The molecular formula is C72H95FN2. The third-order valence-corrected chi connectivity index (χ3v) is 12.7. The first-order valence-electron chi connectivity index (χ1n) is 26.4. The third-order valence-electron chi connectivity index (χ3n) is 12.7. The molecule has 0 aliphatic heterocycles. The minimum Gasteiger partial charge on any atom is -0.238 e. The fourth-order valence-electron chi connectivity index (χ4n) is 7.69. The summed E-state index contributed by atoms with van der Waals surface area (Å²) in [4.78, 5) is 3.24. The highest BCUT2D eigenvalue weighted by Gasteiger charge is 2.20. The summed E-state index contributed by atoms with van der Waals surface area (Å²) in [5, 5.41) is 8.53. The van der Waals surface area contributed by atoms with E-state index in [-0.39, 0.29) is 27.5 Å². The standard InChI is InChI=1S/C15H24.2C11H16.C10H14.C9H6N2.C9H12.C7H7F/c1-11-8-12(14(2,3)4)10-13(9-11)15(5,6)7;1-9-5-7-10(8-6-9)11(2,3)4;1-9-7-5-6-8-10(9)11(2,3)4;1-7-5-8(2)10(4)9(3)6-7;1-7-3-8(6-10)5-9(4-7)11-2;1-7-4-5-8(2)9(3)6-7;1-6-2-4-7(8)5-3-6/h8-10H,1-7H3;2*5-8H,1-4H3;5-6H,1-4H3;3-5H,1H3;4-6H,1-3H3;2-5H,1H3. The Balaban J connectivity index is 0.000000441. The predicted molar refractivity (Wildman–Crippen MR) is 328 cm³/mol. The smallest absolute Gasteiger partial charge is 0.188 e. The lowest BCUT2D eigenvalue weighted by molar-refractivity contribution is 0.567. The largest absolute Gasteiger partial charge is 0.238 e. The van der Waals surface area contributed by atoms with Gasteiger partial charge in [0.25, 0.3) is 0 Å². The van der Waals surface area contributed by atoms with E-state index in [0.29, 0.717) is 11.3 Å². The van der Waals surface area contributed by atoms with Crippen molar-refractivity contribution in [2.24, 2.45) is 0 Å². The minimum absolute atomic E-state index is 0.171. The number of aryl methyl sites for hydroxylation is 11. The van der Waals surface area contributed by atoms with Crippen molar-refractivity contribution in [2.75, 3.05) is 0 Å².